The third-order valence-corrected chi connectivity index (χ3v) is 4.78. The van der Waals surface area contributed by atoms with E-state index in [1.165, 1.54) is 7.11 Å². The summed E-state index contributed by atoms with van der Waals surface area (Å²) in [4.78, 5) is 8.67. The van der Waals surface area contributed by atoms with E-state index in [1.807, 2.05) is 30.3 Å². The molecule has 1 aromatic heterocycles. The smallest absolute Gasteiger partial charge is 0.244 e. The van der Waals surface area contributed by atoms with Crippen molar-refractivity contribution < 1.29 is 26.7 Å². The molecule has 10 heteroatoms. The van der Waals surface area contributed by atoms with E-state index in [0.29, 0.717) is 28.9 Å². The van der Waals surface area contributed by atoms with Gasteiger partial charge in [-0.1, -0.05) is 30.3 Å². The van der Waals surface area contributed by atoms with Crippen LogP contribution in [-0.4, -0.2) is 23.3 Å². The van der Waals surface area contributed by atoms with Crippen molar-refractivity contribution in [2.24, 2.45) is 5.10 Å². The maximum atomic E-state index is 13.9. The van der Waals surface area contributed by atoms with E-state index in [4.69, 9.17) is 4.74 Å². The number of benzene rings is 3. The highest BCUT2D eigenvalue weighted by Crippen LogP contribution is 2.27. The molecule has 3 aromatic carbocycles. The number of hydrogen-bond acceptors (Lipinski definition) is 5. The van der Waals surface area contributed by atoms with Crippen molar-refractivity contribution >= 4 is 12.2 Å². The molecule has 0 saturated heterocycles. The van der Waals surface area contributed by atoms with Gasteiger partial charge in [0.1, 0.15) is 5.75 Å². The quantitative estimate of drug-likeness (QED) is 0.124. The Bertz CT molecular complexity index is 1330. The predicted molar refractivity (Wildman–Crippen MR) is 117 cm³/mol. The summed E-state index contributed by atoms with van der Waals surface area (Å²) >= 11 is 0. The molecule has 4 rings (SSSR count). The number of rotatable bonds is 6. The minimum atomic E-state index is -2.25. The topological polar surface area (TPSA) is 59.4 Å². The van der Waals surface area contributed by atoms with E-state index in [-0.39, 0.29) is 5.95 Å². The first-order chi connectivity index (χ1) is 16.4. The molecule has 0 radical (unpaired) electrons. The molecular weight excluding hydrogens is 455 g/mol. The second kappa shape index (κ2) is 9.65. The van der Waals surface area contributed by atoms with Crippen LogP contribution in [0.4, 0.5) is 27.9 Å². The van der Waals surface area contributed by atoms with Gasteiger partial charge in [-0.2, -0.15) is 5.10 Å². The standard InChI is InChI=1S/C24H15F5N4O/c1-34-15-9-7-14(8-10-15)18-11-17(13-5-3-2-4-6-13)31-24(32-18)33-30-12-16-19(25)21(27)23(29)22(28)20(16)26/h2-12H,1H3,(H,31,32,33)/b30-12+. The molecule has 0 atom stereocenters. The zero-order valence-corrected chi connectivity index (χ0v) is 17.5. The van der Waals surface area contributed by atoms with Gasteiger partial charge < -0.3 is 4.74 Å². The van der Waals surface area contributed by atoms with Gasteiger partial charge in [0.2, 0.25) is 11.8 Å². The van der Waals surface area contributed by atoms with E-state index in [9.17, 15) is 22.0 Å². The van der Waals surface area contributed by atoms with E-state index in [0.717, 1.165) is 5.56 Å². The van der Waals surface area contributed by atoms with Crippen LogP contribution < -0.4 is 10.2 Å². The summed E-state index contributed by atoms with van der Waals surface area (Å²) in [5.74, 6) is -9.80. The highest BCUT2D eigenvalue weighted by Gasteiger charge is 2.24. The first kappa shape index (κ1) is 22.8. The molecule has 0 spiro atoms. The number of hydrazone groups is 1. The summed E-state index contributed by atoms with van der Waals surface area (Å²) in [6.07, 6.45) is 0.474. The fraction of sp³-hybridized carbons (Fsp3) is 0.0417. The van der Waals surface area contributed by atoms with Gasteiger partial charge in [-0.05, 0) is 30.3 Å². The molecule has 0 fully saturated rings. The zero-order chi connectivity index (χ0) is 24.2. The molecule has 0 bridgehead atoms. The van der Waals surface area contributed by atoms with Crippen molar-refractivity contribution in [3.05, 3.63) is 95.3 Å². The number of nitrogens with one attached hydrogen (secondary N) is 1. The molecule has 5 nitrogen and oxygen atoms in total. The van der Waals surface area contributed by atoms with Gasteiger partial charge >= 0.3 is 0 Å². The normalized spacial score (nSPS) is 11.1. The maximum Gasteiger partial charge on any atom is 0.244 e. The van der Waals surface area contributed by atoms with Crippen LogP contribution in [0.1, 0.15) is 5.56 Å². The largest absolute Gasteiger partial charge is 0.497 e. The number of aromatic nitrogens is 2. The minimum absolute atomic E-state index is 0.0627. The number of anilines is 1. The van der Waals surface area contributed by atoms with Crippen LogP contribution in [0.15, 0.2) is 65.8 Å². The Hall–Kier alpha value is -4.34. The summed E-state index contributed by atoms with van der Waals surface area (Å²) in [7, 11) is 1.54. The summed E-state index contributed by atoms with van der Waals surface area (Å²) in [5.41, 5.74) is 3.67. The Kier molecular flexibility index (Phi) is 6.48. The Labute approximate surface area is 190 Å². The second-order valence-corrected chi connectivity index (χ2v) is 6.91. The van der Waals surface area contributed by atoms with Crippen molar-refractivity contribution in [1.82, 2.24) is 9.97 Å². The molecule has 0 aliphatic heterocycles. The van der Waals surface area contributed by atoms with Crippen molar-refractivity contribution in [1.29, 1.82) is 0 Å². The second-order valence-electron chi connectivity index (χ2n) is 6.91. The van der Waals surface area contributed by atoms with Crippen LogP contribution in [0.2, 0.25) is 0 Å². The molecule has 4 aromatic rings. The molecule has 0 unspecified atom stereocenters. The first-order valence-corrected chi connectivity index (χ1v) is 9.78. The van der Waals surface area contributed by atoms with E-state index >= 15 is 0 Å². The van der Waals surface area contributed by atoms with Gasteiger partial charge in [0.15, 0.2) is 23.3 Å². The Morgan fingerprint density at radius 3 is 1.82 bits per heavy atom. The molecule has 0 amide bonds. The fourth-order valence-corrected chi connectivity index (χ4v) is 3.05. The molecule has 0 aliphatic carbocycles. The van der Waals surface area contributed by atoms with Crippen LogP contribution in [-0.2, 0) is 0 Å². The third-order valence-electron chi connectivity index (χ3n) is 4.78. The van der Waals surface area contributed by atoms with E-state index in [1.54, 1.807) is 30.3 Å². The molecule has 34 heavy (non-hydrogen) atoms. The summed E-state index contributed by atoms with van der Waals surface area (Å²) in [6.45, 7) is 0. The van der Waals surface area contributed by atoms with Gasteiger partial charge in [0.25, 0.3) is 0 Å². The predicted octanol–water partition coefficient (Wildman–Crippen LogP) is 5.96. The number of ether oxygens (including phenoxy) is 1. The minimum Gasteiger partial charge on any atom is -0.497 e. The SMILES string of the molecule is COc1ccc(-c2cc(-c3ccccc3)nc(N/N=C/c3c(F)c(F)c(F)c(F)c3F)n2)cc1. The summed E-state index contributed by atoms with van der Waals surface area (Å²) in [6, 6.07) is 17.9. The van der Waals surface area contributed by atoms with Gasteiger partial charge in [0.05, 0.1) is 30.3 Å². The average molecular weight is 470 g/mol. The van der Waals surface area contributed by atoms with Crippen LogP contribution in [0, 0.1) is 29.1 Å². The highest BCUT2D eigenvalue weighted by atomic mass is 19.2. The van der Waals surface area contributed by atoms with Crippen molar-refractivity contribution in [3.63, 3.8) is 0 Å². The van der Waals surface area contributed by atoms with Crippen LogP contribution in [0.25, 0.3) is 22.5 Å². The van der Waals surface area contributed by atoms with Crippen molar-refractivity contribution in [2.45, 2.75) is 0 Å². The highest BCUT2D eigenvalue weighted by molar-refractivity contribution is 5.81. The molecule has 0 saturated carbocycles. The molecule has 1 N–H and O–H groups in total. The number of hydrogen-bond donors (Lipinski definition) is 1. The summed E-state index contributed by atoms with van der Waals surface area (Å²) < 4.78 is 73.0. The lowest BCUT2D eigenvalue weighted by atomic mass is 10.1. The molecule has 1 heterocycles. The Balaban J connectivity index is 1.72. The van der Waals surface area contributed by atoms with Gasteiger partial charge in [-0.3, -0.25) is 0 Å². The maximum absolute atomic E-state index is 13.9. The fourth-order valence-electron chi connectivity index (χ4n) is 3.05. The van der Waals surface area contributed by atoms with E-state index in [2.05, 4.69) is 20.5 Å². The third kappa shape index (κ3) is 4.56. The lowest BCUT2D eigenvalue weighted by Gasteiger charge is -2.09. The number of methoxy groups -OCH3 is 1. The lowest BCUT2D eigenvalue weighted by molar-refractivity contribution is 0.377. The molecule has 172 valence electrons. The van der Waals surface area contributed by atoms with Crippen LogP contribution >= 0.6 is 0 Å². The van der Waals surface area contributed by atoms with Gasteiger partial charge in [-0.15, -0.1) is 0 Å². The van der Waals surface area contributed by atoms with Gasteiger partial charge in [-0.25, -0.2) is 37.3 Å². The van der Waals surface area contributed by atoms with Crippen molar-refractivity contribution in [2.75, 3.05) is 12.5 Å². The van der Waals surface area contributed by atoms with Crippen molar-refractivity contribution in [3.8, 4) is 28.3 Å². The monoisotopic (exact) mass is 470 g/mol. The molecule has 0 aliphatic rings. The van der Waals surface area contributed by atoms with Crippen LogP contribution in [0.3, 0.4) is 0 Å². The first-order valence-electron chi connectivity index (χ1n) is 9.78. The van der Waals surface area contributed by atoms with Crippen LogP contribution in [0.5, 0.6) is 5.75 Å². The number of halogens is 5. The summed E-state index contributed by atoms with van der Waals surface area (Å²) in [5, 5.41) is 3.59. The molecular formula is C24H15F5N4O. The lowest BCUT2D eigenvalue weighted by Crippen LogP contribution is -2.07. The zero-order valence-electron chi connectivity index (χ0n) is 17.5. The van der Waals surface area contributed by atoms with Gasteiger partial charge in [0, 0.05) is 11.1 Å². The Morgan fingerprint density at radius 2 is 1.26 bits per heavy atom. The Morgan fingerprint density at radius 1 is 0.735 bits per heavy atom. The van der Waals surface area contributed by atoms with E-state index < -0.39 is 34.6 Å². The average Bonchev–Trinajstić information content (AvgIpc) is 2.88. The number of nitrogens with zero attached hydrogens (tertiary/aromatic N) is 3.